The Bertz CT molecular complexity index is 1050. The van der Waals surface area contributed by atoms with Crippen molar-refractivity contribution < 1.29 is 13.9 Å². The van der Waals surface area contributed by atoms with E-state index in [4.69, 9.17) is 9.15 Å². The van der Waals surface area contributed by atoms with Gasteiger partial charge in [0, 0.05) is 11.6 Å². The maximum Gasteiger partial charge on any atom is 0.312 e. The second-order valence-corrected chi connectivity index (χ2v) is 6.62. The highest BCUT2D eigenvalue weighted by atomic mass is 32.1. The van der Waals surface area contributed by atoms with E-state index in [2.05, 4.69) is 9.97 Å². The van der Waals surface area contributed by atoms with Gasteiger partial charge in [-0.25, -0.2) is 4.98 Å². The first-order valence-electron chi connectivity index (χ1n) is 8.29. The quantitative estimate of drug-likeness (QED) is 0.479. The molecule has 0 fully saturated rings. The van der Waals surface area contributed by atoms with Crippen LogP contribution in [-0.2, 0) is 16.0 Å². The van der Waals surface area contributed by atoms with Crippen molar-refractivity contribution in [2.24, 2.45) is 0 Å². The standard InChI is InChI=1S/C20H16N2O3S/c1-2-24-18(23)11-15-19(17-8-5-9-26-17)25-20(22-15)16-10-13-6-3-4-7-14(13)12-21-16/h3-10,12H,2,11H2,1H3. The summed E-state index contributed by atoms with van der Waals surface area (Å²) in [6, 6.07) is 13.8. The first-order chi connectivity index (χ1) is 12.7. The van der Waals surface area contributed by atoms with Crippen LogP contribution >= 0.6 is 11.3 Å². The molecule has 130 valence electrons. The summed E-state index contributed by atoms with van der Waals surface area (Å²) in [6.45, 7) is 2.12. The van der Waals surface area contributed by atoms with Gasteiger partial charge in [-0.2, -0.15) is 0 Å². The average Bonchev–Trinajstić information content (AvgIpc) is 3.31. The molecule has 4 rings (SSSR count). The van der Waals surface area contributed by atoms with E-state index in [9.17, 15) is 4.79 Å². The summed E-state index contributed by atoms with van der Waals surface area (Å²) in [4.78, 5) is 21.9. The number of fused-ring (bicyclic) bond motifs is 1. The number of thiophene rings is 1. The summed E-state index contributed by atoms with van der Waals surface area (Å²) >= 11 is 1.54. The molecule has 0 N–H and O–H groups in total. The lowest BCUT2D eigenvalue weighted by atomic mass is 10.1. The largest absolute Gasteiger partial charge is 0.466 e. The Balaban J connectivity index is 1.77. The molecule has 26 heavy (non-hydrogen) atoms. The van der Waals surface area contributed by atoms with Crippen molar-refractivity contribution in [1.29, 1.82) is 0 Å². The summed E-state index contributed by atoms with van der Waals surface area (Å²) < 4.78 is 11.1. The third kappa shape index (κ3) is 3.23. The molecule has 0 atom stereocenters. The number of ether oxygens (including phenoxy) is 1. The molecule has 4 aromatic rings. The number of hydrogen-bond acceptors (Lipinski definition) is 6. The smallest absolute Gasteiger partial charge is 0.312 e. The molecule has 0 saturated heterocycles. The predicted octanol–water partition coefficient (Wildman–Crippen LogP) is 4.72. The molecule has 3 aromatic heterocycles. The topological polar surface area (TPSA) is 65.2 Å². The molecule has 0 aliphatic rings. The lowest BCUT2D eigenvalue weighted by Crippen LogP contribution is -2.08. The monoisotopic (exact) mass is 364 g/mol. The van der Waals surface area contributed by atoms with Gasteiger partial charge in [-0.3, -0.25) is 9.78 Å². The van der Waals surface area contributed by atoms with Gasteiger partial charge in [0.1, 0.15) is 5.69 Å². The number of carbonyl (C=O) groups is 1. The van der Waals surface area contributed by atoms with Gasteiger partial charge in [-0.1, -0.05) is 30.3 Å². The first kappa shape index (κ1) is 16.5. The lowest BCUT2D eigenvalue weighted by Gasteiger charge is -1.99. The minimum absolute atomic E-state index is 0.0676. The van der Waals surface area contributed by atoms with Crippen molar-refractivity contribution >= 4 is 28.1 Å². The van der Waals surface area contributed by atoms with Crippen LogP contribution in [0.5, 0.6) is 0 Å². The van der Waals surface area contributed by atoms with Crippen LogP contribution in [0.2, 0.25) is 0 Å². The highest BCUT2D eigenvalue weighted by Gasteiger charge is 2.20. The third-order valence-corrected chi connectivity index (χ3v) is 4.78. The van der Waals surface area contributed by atoms with Gasteiger partial charge < -0.3 is 9.15 Å². The molecule has 1 aromatic carbocycles. The fourth-order valence-electron chi connectivity index (χ4n) is 2.73. The second-order valence-electron chi connectivity index (χ2n) is 5.67. The van der Waals surface area contributed by atoms with E-state index < -0.39 is 0 Å². The van der Waals surface area contributed by atoms with E-state index >= 15 is 0 Å². The van der Waals surface area contributed by atoms with Crippen LogP contribution in [0, 0.1) is 0 Å². The Kier molecular flexibility index (Phi) is 4.50. The lowest BCUT2D eigenvalue weighted by molar-refractivity contribution is -0.142. The molecule has 0 radical (unpaired) electrons. The molecule has 0 aliphatic heterocycles. The normalized spacial score (nSPS) is 11.0. The molecule has 0 unspecified atom stereocenters. The SMILES string of the molecule is CCOC(=O)Cc1nc(-c2cc3ccccc3cn2)oc1-c1cccs1. The number of aromatic nitrogens is 2. The van der Waals surface area contributed by atoms with E-state index in [1.54, 1.807) is 13.1 Å². The molecular weight excluding hydrogens is 348 g/mol. The van der Waals surface area contributed by atoms with E-state index in [1.165, 1.54) is 11.3 Å². The fourth-order valence-corrected chi connectivity index (χ4v) is 3.46. The molecule has 0 bridgehead atoms. The Morgan fingerprint density at radius 2 is 2.04 bits per heavy atom. The van der Waals surface area contributed by atoms with Gasteiger partial charge in [0.05, 0.1) is 23.6 Å². The Hall–Kier alpha value is -2.99. The summed E-state index contributed by atoms with van der Waals surface area (Å²) in [5.41, 5.74) is 1.20. The zero-order valence-electron chi connectivity index (χ0n) is 14.1. The van der Waals surface area contributed by atoms with Crippen molar-refractivity contribution in [2.45, 2.75) is 13.3 Å². The summed E-state index contributed by atoms with van der Waals surface area (Å²) in [5, 5.41) is 4.06. The highest BCUT2D eigenvalue weighted by Crippen LogP contribution is 2.33. The van der Waals surface area contributed by atoms with Crippen molar-refractivity contribution in [2.75, 3.05) is 6.61 Å². The van der Waals surface area contributed by atoms with Crippen LogP contribution in [0.3, 0.4) is 0 Å². The molecule has 0 aliphatic carbocycles. The second kappa shape index (κ2) is 7.09. The van der Waals surface area contributed by atoms with Gasteiger partial charge in [-0.05, 0) is 29.8 Å². The van der Waals surface area contributed by atoms with E-state index in [0.717, 1.165) is 15.6 Å². The Morgan fingerprint density at radius 1 is 1.19 bits per heavy atom. The number of nitrogens with zero attached hydrogens (tertiary/aromatic N) is 2. The van der Waals surface area contributed by atoms with Gasteiger partial charge in [-0.15, -0.1) is 11.3 Å². The van der Waals surface area contributed by atoms with E-state index in [0.29, 0.717) is 29.6 Å². The number of hydrogen-bond donors (Lipinski definition) is 0. The van der Waals surface area contributed by atoms with Crippen LogP contribution in [0.25, 0.3) is 33.0 Å². The summed E-state index contributed by atoms with van der Waals surface area (Å²) in [6.07, 6.45) is 1.86. The summed E-state index contributed by atoms with van der Waals surface area (Å²) in [5.74, 6) is 0.674. The van der Waals surface area contributed by atoms with Crippen molar-refractivity contribution in [1.82, 2.24) is 9.97 Å². The van der Waals surface area contributed by atoms with Crippen LogP contribution in [0.1, 0.15) is 12.6 Å². The number of benzene rings is 1. The van der Waals surface area contributed by atoms with Gasteiger partial charge >= 0.3 is 5.97 Å². The Morgan fingerprint density at radius 3 is 2.81 bits per heavy atom. The number of oxazole rings is 1. The number of pyridine rings is 1. The third-order valence-electron chi connectivity index (χ3n) is 3.91. The number of esters is 1. The molecule has 6 heteroatoms. The van der Waals surface area contributed by atoms with Crippen molar-refractivity contribution in [3.63, 3.8) is 0 Å². The maximum atomic E-state index is 11.9. The minimum Gasteiger partial charge on any atom is -0.466 e. The molecule has 3 heterocycles. The highest BCUT2D eigenvalue weighted by molar-refractivity contribution is 7.13. The molecule has 0 spiro atoms. The predicted molar refractivity (Wildman–Crippen MR) is 101 cm³/mol. The van der Waals surface area contributed by atoms with E-state index in [1.807, 2.05) is 47.8 Å². The summed E-state index contributed by atoms with van der Waals surface area (Å²) in [7, 11) is 0. The Labute approximate surface area is 154 Å². The van der Waals surface area contributed by atoms with Crippen LogP contribution < -0.4 is 0 Å². The maximum absolute atomic E-state index is 11.9. The zero-order valence-corrected chi connectivity index (χ0v) is 15.0. The van der Waals surface area contributed by atoms with Crippen LogP contribution in [0.4, 0.5) is 0 Å². The van der Waals surface area contributed by atoms with Gasteiger partial charge in [0.2, 0.25) is 5.89 Å². The van der Waals surface area contributed by atoms with Crippen molar-refractivity contribution in [3.05, 3.63) is 59.7 Å². The average molecular weight is 364 g/mol. The fraction of sp³-hybridized carbons (Fsp3) is 0.150. The van der Waals surface area contributed by atoms with Gasteiger partial charge in [0.15, 0.2) is 5.76 Å². The van der Waals surface area contributed by atoms with Crippen LogP contribution in [0.15, 0.2) is 58.5 Å². The number of carbonyl (C=O) groups excluding carboxylic acids is 1. The van der Waals surface area contributed by atoms with Crippen molar-refractivity contribution in [3.8, 4) is 22.2 Å². The van der Waals surface area contributed by atoms with Gasteiger partial charge in [0.25, 0.3) is 0 Å². The molecule has 0 amide bonds. The first-order valence-corrected chi connectivity index (χ1v) is 9.17. The van der Waals surface area contributed by atoms with E-state index in [-0.39, 0.29) is 12.4 Å². The molecule has 5 nitrogen and oxygen atoms in total. The molecular formula is C20H16N2O3S. The van der Waals surface area contributed by atoms with Crippen LogP contribution in [-0.4, -0.2) is 22.5 Å². The number of rotatable bonds is 5. The zero-order chi connectivity index (χ0) is 17.9. The molecule has 0 saturated carbocycles. The minimum atomic E-state index is -0.323.